The first-order valence-corrected chi connectivity index (χ1v) is 3.15. The van der Waals surface area contributed by atoms with E-state index >= 15 is 0 Å². The van der Waals surface area contributed by atoms with Crippen LogP contribution >= 0.6 is 0 Å². The van der Waals surface area contributed by atoms with E-state index in [9.17, 15) is 14.9 Å². The molecule has 0 aliphatic heterocycles. The standard InChI is InChI=1S/C7H4BNO3/c8-7(10)5-1-3-6(4-2-5)9(11)12/h1-4H. The first kappa shape index (κ1) is 8.45. The van der Waals surface area contributed by atoms with E-state index in [1.165, 1.54) is 24.3 Å². The lowest BCUT2D eigenvalue weighted by Crippen LogP contribution is -1.97. The second-order valence-electron chi connectivity index (χ2n) is 2.17. The van der Waals surface area contributed by atoms with Gasteiger partial charge in [-0.1, -0.05) is 0 Å². The van der Waals surface area contributed by atoms with E-state index in [2.05, 4.69) is 0 Å². The van der Waals surface area contributed by atoms with Crippen LogP contribution < -0.4 is 0 Å². The first-order chi connectivity index (χ1) is 5.61. The number of hydrogen-bond donors (Lipinski definition) is 0. The Morgan fingerprint density at radius 2 is 1.83 bits per heavy atom. The van der Waals surface area contributed by atoms with Crippen molar-refractivity contribution >= 4 is 19.2 Å². The van der Waals surface area contributed by atoms with Gasteiger partial charge in [-0.3, -0.25) is 10.1 Å². The SMILES string of the molecule is [B]C(=O)c1ccc([N+](=O)[O-])cc1. The van der Waals surface area contributed by atoms with Gasteiger partial charge < -0.3 is 4.79 Å². The highest BCUT2D eigenvalue weighted by molar-refractivity contribution is 6.62. The van der Waals surface area contributed by atoms with E-state index in [0.29, 0.717) is 0 Å². The normalized spacial score (nSPS) is 9.33. The van der Waals surface area contributed by atoms with Crippen molar-refractivity contribution in [3.8, 4) is 0 Å². The highest BCUT2D eigenvalue weighted by atomic mass is 16.6. The smallest absolute Gasteiger partial charge is 0.269 e. The quantitative estimate of drug-likeness (QED) is 0.367. The molecule has 2 radical (unpaired) electrons. The van der Waals surface area contributed by atoms with Gasteiger partial charge in [-0.05, 0) is 12.1 Å². The Morgan fingerprint density at radius 3 is 2.17 bits per heavy atom. The van der Waals surface area contributed by atoms with Crippen molar-refractivity contribution in [2.45, 2.75) is 0 Å². The zero-order valence-electron chi connectivity index (χ0n) is 6.06. The van der Waals surface area contributed by atoms with E-state index in [1.54, 1.807) is 0 Å². The third kappa shape index (κ3) is 1.69. The van der Waals surface area contributed by atoms with Crippen LogP contribution in [0.4, 0.5) is 5.69 Å². The number of benzene rings is 1. The van der Waals surface area contributed by atoms with Crippen LogP contribution in [-0.2, 0) is 0 Å². The van der Waals surface area contributed by atoms with Gasteiger partial charge in [0.2, 0.25) is 0 Å². The molecule has 0 fully saturated rings. The maximum atomic E-state index is 10.5. The monoisotopic (exact) mass is 161 g/mol. The lowest BCUT2D eigenvalue weighted by molar-refractivity contribution is -0.384. The molecule has 4 nitrogen and oxygen atoms in total. The predicted octanol–water partition coefficient (Wildman–Crippen LogP) is 0.903. The zero-order chi connectivity index (χ0) is 9.14. The Bertz CT molecular complexity index is 287. The summed E-state index contributed by atoms with van der Waals surface area (Å²) >= 11 is 0. The van der Waals surface area contributed by atoms with Crippen molar-refractivity contribution in [1.82, 2.24) is 0 Å². The number of non-ortho nitro benzene ring substituents is 1. The Kier molecular flexibility index (Phi) is 2.23. The topological polar surface area (TPSA) is 60.2 Å². The fraction of sp³-hybridized carbons (Fsp3) is 0. The van der Waals surface area contributed by atoms with Gasteiger partial charge in [0.25, 0.3) is 5.69 Å². The average molecular weight is 161 g/mol. The molecular formula is C7H4BNO3. The fourth-order valence-electron chi connectivity index (χ4n) is 0.747. The van der Waals surface area contributed by atoms with Gasteiger partial charge in [-0.25, -0.2) is 0 Å². The van der Waals surface area contributed by atoms with E-state index in [0.717, 1.165) is 0 Å². The lowest BCUT2D eigenvalue weighted by atomic mass is 9.95. The number of carbonyl (C=O) groups excluding carboxylic acids is 1. The molecule has 12 heavy (non-hydrogen) atoms. The highest BCUT2D eigenvalue weighted by Crippen LogP contribution is 2.11. The maximum absolute atomic E-state index is 10.5. The molecule has 5 heteroatoms. The average Bonchev–Trinajstić information content (AvgIpc) is 2.04. The van der Waals surface area contributed by atoms with Crippen molar-refractivity contribution in [2.24, 2.45) is 0 Å². The summed E-state index contributed by atoms with van der Waals surface area (Å²) < 4.78 is 0. The minimum Gasteiger partial charge on any atom is -0.307 e. The van der Waals surface area contributed by atoms with Crippen LogP contribution in [0.15, 0.2) is 24.3 Å². The minimum atomic E-state index is -0.593. The number of hydrogen-bond acceptors (Lipinski definition) is 3. The number of rotatable bonds is 2. The van der Waals surface area contributed by atoms with Gasteiger partial charge in [0.05, 0.1) is 4.92 Å². The Labute approximate surface area is 69.8 Å². The molecular weight excluding hydrogens is 157 g/mol. The lowest BCUT2D eigenvalue weighted by Gasteiger charge is -1.93. The molecule has 0 saturated carbocycles. The number of carbonyl (C=O) groups is 1. The molecule has 0 heterocycles. The second kappa shape index (κ2) is 3.17. The van der Waals surface area contributed by atoms with Crippen LogP contribution in [0, 0.1) is 10.1 Å². The molecule has 1 aromatic rings. The fourth-order valence-corrected chi connectivity index (χ4v) is 0.747. The molecule has 0 unspecified atom stereocenters. The van der Waals surface area contributed by atoms with Crippen molar-refractivity contribution < 1.29 is 9.72 Å². The van der Waals surface area contributed by atoms with E-state index < -0.39 is 10.6 Å². The molecule has 0 aliphatic rings. The number of nitro benzene ring substituents is 1. The highest BCUT2D eigenvalue weighted by Gasteiger charge is 2.04. The molecule has 58 valence electrons. The van der Waals surface area contributed by atoms with Crippen molar-refractivity contribution in [3.05, 3.63) is 39.9 Å². The van der Waals surface area contributed by atoms with Gasteiger partial charge in [0.1, 0.15) is 5.68 Å². The molecule has 0 aliphatic carbocycles. The van der Waals surface area contributed by atoms with Gasteiger partial charge in [-0.15, -0.1) is 0 Å². The molecule has 0 aromatic heterocycles. The number of nitro groups is 1. The largest absolute Gasteiger partial charge is 0.307 e. The molecule has 1 rings (SSSR count). The first-order valence-electron chi connectivity index (χ1n) is 3.15. The molecule has 0 N–H and O–H groups in total. The molecule has 0 bridgehead atoms. The van der Waals surface area contributed by atoms with Gasteiger partial charge in [-0.2, -0.15) is 0 Å². The predicted molar refractivity (Wildman–Crippen MR) is 43.2 cm³/mol. The van der Waals surface area contributed by atoms with Crippen LogP contribution in [0.1, 0.15) is 10.4 Å². The molecule has 0 spiro atoms. The van der Waals surface area contributed by atoms with Crippen LogP contribution in [0.3, 0.4) is 0 Å². The van der Waals surface area contributed by atoms with Gasteiger partial charge in [0.15, 0.2) is 7.85 Å². The Balaban J connectivity index is 3.01. The van der Waals surface area contributed by atoms with Crippen molar-refractivity contribution in [1.29, 1.82) is 0 Å². The van der Waals surface area contributed by atoms with Crippen molar-refractivity contribution in [3.63, 3.8) is 0 Å². The Morgan fingerprint density at radius 1 is 1.33 bits per heavy atom. The van der Waals surface area contributed by atoms with E-state index in [4.69, 9.17) is 7.85 Å². The van der Waals surface area contributed by atoms with Gasteiger partial charge in [0, 0.05) is 17.7 Å². The summed E-state index contributed by atoms with van der Waals surface area (Å²) in [6.07, 6.45) is 0. The molecule has 0 saturated heterocycles. The molecule has 0 atom stereocenters. The van der Waals surface area contributed by atoms with Gasteiger partial charge >= 0.3 is 0 Å². The van der Waals surface area contributed by atoms with Crippen LogP contribution in [0.2, 0.25) is 0 Å². The summed E-state index contributed by atoms with van der Waals surface area (Å²) in [5.41, 5.74) is -0.384. The summed E-state index contributed by atoms with van der Waals surface area (Å²) in [6.45, 7) is 0. The molecule has 0 amide bonds. The summed E-state index contributed by atoms with van der Waals surface area (Å²) in [5.74, 6) is 0. The third-order valence-corrected chi connectivity index (χ3v) is 1.36. The summed E-state index contributed by atoms with van der Waals surface area (Å²) in [5, 5.41) is 10.2. The summed E-state index contributed by atoms with van der Waals surface area (Å²) in [7, 11) is 4.93. The van der Waals surface area contributed by atoms with E-state index in [-0.39, 0.29) is 11.3 Å². The second-order valence-corrected chi connectivity index (χ2v) is 2.17. The maximum Gasteiger partial charge on any atom is 0.269 e. The van der Waals surface area contributed by atoms with Crippen molar-refractivity contribution in [2.75, 3.05) is 0 Å². The minimum absolute atomic E-state index is 0.0556. The zero-order valence-corrected chi connectivity index (χ0v) is 6.06. The summed E-state index contributed by atoms with van der Waals surface area (Å²) in [6, 6.07) is 5.11. The summed E-state index contributed by atoms with van der Waals surface area (Å²) in [4.78, 5) is 20.2. The van der Waals surface area contributed by atoms with Crippen LogP contribution in [0.5, 0.6) is 0 Å². The Hall–Kier alpha value is -1.65. The van der Waals surface area contributed by atoms with Crippen LogP contribution in [0.25, 0.3) is 0 Å². The molecule has 1 aromatic carbocycles. The van der Waals surface area contributed by atoms with E-state index in [1.807, 2.05) is 0 Å². The third-order valence-electron chi connectivity index (χ3n) is 1.36. The number of nitrogens with zero attached hydrogens (tertiary/aromatic N) is 1. The van der Waals surface area contributed by atoms with Crippen LogP contribution in [-0.4, -0.2) is 18.5 Å².